The van der Waals surface area contributed by atoms with E-state index in [0.29, 0.717) is 30.1 Å². The van der Waals surface area contributed by atoms with Gasteiger partial charge < -0.3 is 9.72 Å². The van der Waals surface area contributed by atoms with Crippen LogP contribution in [0, 0.1) is 17.8 Å². The highest BCUT2D eigenvalue weighted by Crippen LogP contribution is 2.49. The summed E-state index contributed by atoms with van der Waals surface area (Å²) < 4.78 is 5.79. The number of piperidine rings is 1. The van der Waals surface area contributed by atoms with E-state index in [0.717, 1.165) is 32.4 Å². The average molecular weight is 367 g/mol. The Morgan fingerprint density at radius 2 is 2.15 bits per heavy atom. The van der Waals surface area contributed by atoms with Gasteiger partial charge in [0, 0.05) is 49.1 Å². The number of fused-ring (bicyclic) bond motifs is 6. The van der Waals surface area contributed by atoms with Crippen molar-refractivity contribution in [3.8, 4) is 0 Å². The largest absolute Gasteiger partial charge is 0.381 e. The Morgan fingerprint density at radius 1 is 1.30 bits per heavy atom. The van der Waals surface area contributed by atoms with Crippen LogP contribution in [-0.4, -0.2) is 42.0 Å². The first-order valence-electron chi connectivity index (χ1n) is 10.6. The zero-order valence-electron chi connectivity index (χ0n) is 16.4. The molecule has 4 heteroatoms. The molecule has 1 aliphatic carbocycles. The number of hydrogen-bond donors (Lipinski definition) is 1. The van der Waals surface area contributed by atoms with E-state index in [-0.39, 0.29) is 12.0 Å². The van der Waals surface area contributed by atoms with Crippen LogP contribution in [0.2, 0.25) is 0 Å². The van der Waals surface area contributed by atoms with Crippen molar-refractivity contribution in [1.82, 2.24) is 9.88 Å². The number of aromatic amines is 1. The molecule has 4 nitrogen and oxygen atoms in total. The first-order valence-corrected chi connectivity index (χ1v) is 10.6. The van der Waals surface area contributed by atoms with Gasteiger partial charge in [0.25, 0.3) is 0 Å². The number of ketones is 1. The van der Waals surface area contributed by atoms with Crippen molar-refractivity contribution >= 4 is 16.7 Å². The number of para-hydroxylation sites is 1. The Morgan fingerprint density at radius 3 is 2.96 bits per heavy atom. The first kappa shape index (κ1) is 17.4. The van der Waals surface area contributed by atoms with Crippen LogP contribution >= 0.6 is 0 Å². The number of rotatable bonds is 3. The summed E-state index contributed by atoms with van der Waals surface area (Å²) >= 11 is 0. The molecule has 0 bridgehead atoms. The smallest absolute Gasteiger partial charge is 0.138 e. The fourth-order valence-electron chi connectivity index (χ4n) is 6.27. The van der Waals surface area contributed by atoms with Crippen LogP contribution in [0.5, 0.6) is 0 Å². The monoisotopic (exact) mass is 366 g/mol. The van der Waals surface area contributed by atoms with Crippen molar-refractivity contribution in [2.24, 2.45) is 17.8 Å². The molecule has 5 rings (SSSR count). The van der Waals surface area contributed by atoms with E-state index >= 15 is 0 Å². The van der Waals surface area contributed by atoms with Crippen molar-refractivity contribution in [2.75, 3.05) is 20.2 Å². The maximum atomic E-state index is 12.8. The predicted octanol–water partition coefficient (Wildman–Crippen LogP) is 4.11. The molecule has 5 atom stereocenters. The van der Waals surface area contributed by atoms with Gasteiger partial charge in [-0.1, -0.05) is 25.1 Å². The second-order valence-electron chi connectivity index (χ2n) is 8.68. The number of carbonyl (C=O) groups is 1. The third-order valence-electron chi connectivity index (χ3n) is 7.55. The zero-order chi connectivity index (χ0) is 18.5. The molecule has 0 spiro atoms. The van der Waals surface area contributed by atoms with E-state index in [1.165, 1.54) is 28.6 Å². The van der Waals surface area contributed by atoms with E-state index < -0.39 is 0 Å². The van der Waals surface area contributed by atoms with Crippen LogP contribution in [0.3, 0.4) is 0 Å². The van der Waals surface area contributed by atoms with Crippen LogP contribution in [0.4, 0.5) is 0 Å². The molecule has 1 aromatic carbocycles. The van der Waals surface area contributed by atoms with Gasteiger partial charge in [-0.25, -0.2) is 0 Å². The van der Waals surface area contributed by atoms with Gasteiger partial charge >= 0.3 is 0 Å². The number of ether oxygens (including phenoxy) is 1. The summed E-state index contributed by atoms with van der Waals surface area (Å²) in [6.07, 6.45) is 5.17. The Kier molecular flexibility index (Phi) is 4.36. The minimum atomic E-state index is 0.0793. The molecule has 2 aliphatic heterocycles. The highest BCUT2D eigenvalue weighted by molar-refractivity contribution is 5.85. The summed E-state index contributed by atoms with van der Waals surface area (Å²) in [6, 6.07) is 9.11. The highest BCUT2D eigenvalue weighted by Gasteiger charge is 2.49. The van der Waals surface area contributed by atoms with Crippen molar-refractivity contribution in [1.29, 1.82) is 0 Å². The first-order chi connectivity index (χ1) is 13.2. The maximum absolute atomic E-state index is 12.8. The van der Waals surface area contributed by atoms with E-state index in [1.54, 1.807) is 7.11 Å². The molecule has 1 N–H and O–H groups in total. The molecule has 3 heterocycles. The quantitative estimate of drug-likeness (QED) is 0.889. The third kappa shape index (κ3) is 2.68. The van der Waals surface area contributed by atoms with Crippen molar-refractivity contribution in [3.05, 3.63) is 35.5 Å². The second-order valence-corrected chi connectivity index (χ2v) is 8.68. The molecule has 2 aromatic rings. The minimum absolute atomic E-state index is 0.0793. The topological polar surface area (TPSA) is 45.3 Å². The standard InChI is InChI=1S/C23H30N2O2/c1-3-20(26)22-17-12-19-23-16(15-6-4-5-7-18(15)24-23)10-11-25(19)13-14(17)8-9-21(22)27-2/h4-7,14,17,19,21-22,24H,3,8-13H2,1-2H3. The lowest BCUT2D eigenvalue weighted by molar-refractivity contribution is -0.139. The predicted molar refractivity (Wildman–Crippen MR) is 107 cm³/mol. The van der Waals surface area contributed by atoms with Crippen molar-refractivity contribution in [2.45, 2.75) is 51.2 Å². The number of carbonyl (C=O) groups excluding carboxylic acids is 1. The molecule has 144 valence electrons. The number of methoxy groups -OCH3 is 1. The zero-order valence-corrected chi connectivity index (χ0v) is 16.4. The molecule has 1 saturated heterocycles. The number of aromatic nitrogens is 1. The third-order valence-corrected chi connectivity index (χ3v) is 7.55. The van der Waals surface area contributed by atoms with Gasteiger partial charge in [0.1, 0.15) is 5.78 Å². The van der Waals surface area contributed by atoms with Gasteiger partial charge in [-0.2, -0.15) is 0 Å². The van der Waals surface area contributed by atoms with Crippen molar-refractivity contribution in [3.63, 3.8) is 0 Å². The molecule has 1 aromatic heterocycles. The maximum Gasteiger partial charge on any atom is 0.138 e. The summed E-state index contributed by atoms with van der Waals surface area (Å²) in [5.41, 5.74) is 4.16. The summed E-state index contributed by atoms with van der Waals surface area (Å²) in [7, 11) is 1.78. The van der Waals surface area contributed by atoms with E-state index in [2.05, 4.69) is 34.1 Å². The highest BCUT2D eigenvalue weighted by atomic mass is 16.5. The summed E-state index contributed by atoms with van der Waals surface area (Å²) in [5.74, 6) is 1.57. The summed E-state index contributed by atoms with van der Waals surface area (Å²) in [4.78, 5) is 19.3. The Hall–Kier alpha value is -1.65. The molecular weight excluding hydrogens is 336 g/mol. The van der Waals surface area contributed by atoms with Crippen LogP contribution < -0.4 is 0 Å². The molecular formula is C23H30N2O2. The lowest BCUT2D eigenvalue weighted by Gasteiger charge is -2.51. The van der Waals surface area contributed by atoms with Crippen molar-refractivity contribution < 1.29 is 9.53 Å². The second kappa shape index (κ2) is 6.75. The number of nitrogens with zero attached hydrogens (tertiary/aromatic N) is 1. The minimum Gasteiger partial charge on any atom is -0.381 e. The molecule has 2 fully saturated rings. The fraction of sp³-hybridized carbons (Fsp3) is 0.609. The molecule has 27 heavy (non-hydrogen) atoms. The van der Waals surface area contributed by atoms with E-state index in [1.807, 2.05) is 6.92 Å². The van der Waals surface area contributed by atoms with Gasteiger partial charge in [-0.15, -0.1) is 0 Å². The summed E-state index contributed by atoms with van der Waals surface area (Å²) in [6.45, 7) is 4.28. The number of H-pyrrole nitrogens is 1. The van der Waals surface area contributed by atoms with E-state index in [4.69, 9.17) is 4.74 Å². The average Bonchev–Trinajstić information content (AvgIpc) is 3.10. The van der Waals surface area contributed by atoms with Gasteiger partial charge in [-0.3, -0.25) is 9.69 Å². The molecule has 1 saturated carbocycles. The number of benzene rings is 1. The number of Topliss-reactive ketones (excluding diaryl/α,β-unsaturated/α-hetero) is 1. The van der Waals surface area contributed by atoms with Crippen LogP contribution in [0.25, 0.3) is 10.9 Å². The van der Waals surface area contributed by atoms with E-state index in [9.17, 15) is 4.79 Å². The Bertz CT molecular complexity index is 857. The van der Waals surface area contributed by atoms with Crippen LogP contribution in [0.15, 0.2) is 24.3 Å². The van der Waals surface area contributed by atoms with Gasteiger partial charge in [-0.05, 0) is 49.1 Å². The number of hydrogen-bond acceptors (Lipinski definition) is 3. The Balaban J connectivity index is 1.52. The number of nitrogens with one attached hydrogen (secondary N) is 1. The van der Waals surface area contributed by atoms with Gasteiger partial charge in [0.05, 0.1) is 12.1 Å². The molecule has 0 radical (unpaired) electrons. The Labute approximate surface area is 161 Å². The SMILES string of the molecule is CCC(=O)C1C(OC)CCC2CN3CCc4c([nH]c5ccccc45)C3CC21. The summed E-state index contributed by atoms with van der Waals surface area (Å²) in [5, 5.41) is 1.38. The molecule has 3 aliphatic rings. The molecule has 5 unspecified atom stereocenters. The van der Waals surface area contributed by atoms with Gasteiger partial charge in [0.2, 0.25) is 0 Å². The lowest BCUT2D eigenvalue weighted by atomic mass is 9.63. The van der Waals surface area contributed by atoms with Crippen LogP contribution in [-0.2, 0) is 16.0 Å². The normalized spacial score (nSPS) is 33.3. The molecule has 0 amide bonds. The van der Waals surface area contributed by atoms with Gasteiger partial charge in [0.15, 0.2) is 0 Å². The fourth-order valence-corrected chi connectivity index (χ4v) is 6.27. The lowest BCUT2D eigenvalue weighted by Crippen LogP contribution is -2.53. The van der Waals surface area contributed by atoms with Crippen LogP contribution in [0.1, 0.15) is 49.9 Å².